The summed E-state index contributed by atoms with van der Waals surface area (Å²) in [4.78, 5) is 0. The summed E-state index contributed by atoms with van der Waals surface area (Å²) < 4.78 is 17.7. The van der Waals surface area contributed by atoms with Crippen molar-refractivity contribution in [3.8, 4) is 11.5 Å². The molecule has 1 aromatic rings. The lowest BCUT2D eigenvalue weighted by Crippen LogP contribution is -2.40. The fraction of sp³-hybridized carbons (Fsp3) is 0.760. The maximum absolute atomic E-state index is 9.56. The lowest BCUT2D eigenvalue weighted by atomic mass is 9.87. The van der Waals surface area contributed by atoms with Gasteiger partial charge in [-0.2, -0.15) is 0 Å². The molecule has 0 aliphatic carbocycles. The van der Waals surface area contributed by atoms with Crippen molar-refractivity contribution in [1.29, 1.82) is 0 Å². The molecule has 0 heterocycles. The van der Waals surface area contributed by atoms with Crippen LogP contribution in [0.15, 0.2) is 12.1 Å². The number of aliphatic hydroxyl groups is 1. The van der Waals surface area contributed by atoms with Crippen molar-refractivity contribution in [2.75, 3.05) is 20.8 Å². The molecule has 0 fully saturated rings. The third-order valence-corrected chi connectivity index (χ3v) is 11.1. The summed E-state index contributed by atoms with van der Waals surface area (Å²) in [5.41, 5.74) is 1.98. The molecule has 0 bridgehead atoms. The zero-order valence-electron chi connectivity index (χ0n) is 20.8. The highest BCUT2D eigenvalue weighted by molar-refractivity contribution is 6.74. The van der Waals surface area contributed by atoms with Crippen LogP contribution in [-0.4, -0.2) is 34.3 Å². The van der Waals surface area contributed by atoms with Crippen LogP contribution in [-0.2, 0) is 11.0 Å². The van der Waals surface area contributed by atoms with E-state index in [0.29, 0.717) is 5.92 Å². The van der Waals surface area contributed by atoms with E-state index in [4.69, 9.17) is 13.9 Å². The Kier molecular flexibility index (Phi) is 11.4. The summed E-state index contributed by atoms with van der Waals surface area (Å²) in [5, 5.41) is 9.83. The van der Waals surface area contributed by atoms with Gasteiger partial charge in [-0.05, 0) is 61.0 Å². The number of aliphatic hydroxyl groups excluding tert-OH is 1. The van der Waals surface area contributed by atoms with E-state index < -0.39 is 8.32 Å². The van der Waals surface area contributed by atoms with Crippen molar-refractivity contribution >= 4 is 8.32 Å². The van der Waals surface area contributed by atoms with E-state index in [1.54, 1.807) is 14.2 Å². The van der Waals surface area contributed by atoms with E-state index in [2.05, 4.69) is 40.8 Å². The van der Waals surface area contributed by atoms with Crippen LogP contribution in [0.1, 0.15) is 89.7 Å². The molecule has 5 heteroatoms. The van der Waals surface area contributed by atoms with Gasteiger partial charge in [0, 0.05) is 12.2 Å². The van der Waals surface area contributed by atoms with Crippen LogP contribution in [0.3, 0.4) is 0 Å². The molecule has 174 valence electrons. The van der Waals surface area contributed by atoms with E-state index in [9.17, 15) is 5.11 Å². The quantitative estimate of drug-likeness (QED) is 0.250. The molecule has 0 radical (unpaired) electrons. The second-order valence-corrected chi connectivity index (χ2v) is 14.7. The SMILES string of the molecule is CCCC[C@@H](CCCCCO[Si](C)(C)C(C)(C)C)c1c(OC)cc(CO)cc1OC. The first-order valence-corrected chi connectivity index (χ1v) is 14.5. The van der Waals surface area contributed by atoms with Gasteiger partial charge >= 0.3 is 0 Å². The van der Waals surface area contributed by atoms with Crippen molar-refractivity contribution in [3.05, 3.63) is 23.3 Å². The molecule has 1 atom stereocenters. The molecule has 0 spiro atoms. The van der Waals surface area contributed by atoms with Gasteiger partial charge in [0.15, 0.2) is 8.32 Å². The average Bonchev–Trinajstić information content (AvgIpc) is 2.70. The highest BCUT2D eigenvalue weighted by Gasteiger charge is 2.36. The molecule has 4 nitrogen and oxygen atoms in total. The Bertz CT molecular complexity index is 597. The standard InChI is InChI=1S/C25H46O4Si/c1-9-10-14-21(15-12-11-13-16-29-30(7,8)25(2,3)4)24-22(27-5)17-20(19-26)18-23(24)28-6/h17-18,21,26H,9-16,19H2,1-8H3/t21-/m0/s1. The molecule has 1 N–H and O–H groups in total. The Balaban J connectivity index is 2.76. The van der Waals surface area contributed by atoms with Crippen LogP contribution >= 0.6 is 0 Å². The molecular formula is C25H46O4Si. The van der Waals surface area contributed by atoms with Crippen LogP contribution in [0.4, 0.5) is 0 Å². The van der Waals surface area contributed by atoms with Gasteiger partial charge in [0.05, 0.1) is 20.8 Å². The maximum atomic E-state index is 9.56. The minimum Gasteiger partial charge on any atom is -0.496 e. The summed E-state index contributed by atoms with van der Waals surface area (Å²) in [7, 11) is 1.76. The van der Waals surface area contributed by atoms with Gasteiger partial charge < -0.3 is 19.0 Å². The van der Waals surface area contributed by atoms with Crippen molar-refractivity contribution < 1.29 is 19.0 Å². The molecule has 0 saturated heterocycles. The van der Waals surface area contributed by atoms with Crippen LogP contribution < -0.4 is 9.47 Å². The van der Waals surface area contributed by atoms with Gasteiger partial charge in [-0.25, -0.2) is 0 Å². The van der Waals surface area contributed by atoms with Gasteiger partial charge in [-0.1, -0.05) is 53.4 Å². The molecule has 0 aliphatic heterocycles. The Morgan fingerprint density at radius 2 is 1.50 bits per heavy atom. The van der Waals surface area contributed by atoms with Gasteiger partial charge in [-0.3, -0.25) is 0 Å². The molecule has 0 saturated carbocycles. The Labute approximate surface area is 186 Å². The number of hydrogen-bond donors (Lipinski definition) is 1. The average molecular weight is 439 g/mol. The Hall–Kier alpha value is -1.04. The number of hydrogen-bond acceptors (Lipinski definition) is 4. The minimum absolute atomic E-state index is 0.0130. The summed E-state index contributed by atoms with van der Waals surface area (Å²) >= 11 is 0. The Morgan fingerprint density at radius 1 is 0.933 bits per heavy atom. The fourth-order valence-corrected chi connectivity index (χ4v) is 4.67. The van der Waals surface area contributed by atoms with Gasteiger partial charge in [-0.15, -0.1) is 0 Å². The van der Waals surface area contributed by atoms with E-state index in [0.717, 1.165) is 48.5 Å². The number of ether oxygens (including phenoxy) is 2. The zero-order chi connectivity index (χ0) is 22.8. The second kappa shape index (κ2) is 12.7. The minimum atomic E-state index is -1.64. The first-order valence-electron chi connectivity index (χ1n) is 11.6. The lowest BCUT2D eigenvalue weighted by molar-refractivity contribution is 0.276. The Morgan fingerprint density at radius 3 is 1.97 bits per heavy atom. The largest absolute Gasteiger partial charge is 0.496 e. The summed E-state index contributed by atoms with van der Waals surface area (Å²) in [5.74, 6) is 2.07. The van der Waals surface area contributed by atoms with Crippen LogP contribution in [0, 0.1) is 0 Å². The molecule has 0 amide bonds. The predicted molar refractivity (Wildman–Crippen MR) is 129 cm³/mol. The topological polar surface area (TPSA) is 47.9 Å². The molecule has 0 aromatic heterocycles. The van der Waals surface area contributed by atoms with E-state index >= 15 is 0 Å². The van der Waals surface area contributed by atoms with E-state index in [1.165, 1.54) is 25.7 Å². The third-order valence-electron chi connectivity index (χ3n) is 6.57. The van der Waals surface area contributed by atoms with E-state index in [1.807, 2.05) is 12.1 Å². The molecule has 30 heavy (non-hydrogen) atoms. The van der Waals surface area contributed by atoms with Crippen molar-refractivity contribution in [2.24, 2.45) is 0 Å². The maximum Gasteiger partial charge on any atom is 0.191 e. The number of rotatable bonds is 14. The highest BCUT2D eigenvalue weighted by atomic mass is 28.4. The first-order chi connectivity index (χ1) is 14.1. The van der Waals surface area contributed by atoms with Crippen molar-refractivity contribution in [3.63, 3.8) is 0 Å². The molecule has 1 rings (SSSR count). The molecular weight excluding hydrogens is 392 g/mol. The van der Waals surface area contributed by atoms with Crippen LogP contribution in [0.2, 0.25) is 18.1 Å². The second-order valence-electron chi connectivity index (χ2n) is 9.87. The smallest absolute Gasteiger partial charge is 0.191 e. The third kappa shape index (κ3) is 7.90. The molecule has 0 aliphatic rings. The molecule has 0 unspecified atom stereocenters. The number of benzene rings is 1. The molecule has 1 aromatic carbocycles. The summed E-state index contributed by atoms with van der Waals surface area (Å²) in [6.07, 6.45) is 8.07. The highest BCUT2D eigenvalue weighted by Crippen LogP contribution is 2.41. The lowest BCUT2D eigenvalue weighted by Gasteiger charge is -2.36. The number of methoxy groups -OCH3 is 2. The zero-order valence-corrected chi connectivity index (χ0v) is 21.8. The monoisotopic (exact) mass is 438 g/mol. The van der Waals surface area contributed by atoms with Crippen LogP contribution in [0.5, 0.6) is 11.5 Å². The number of unbranched alkanes of at least 4 members (excludes halogenated alkanes) is 3. The van der Waals surface area contributed by atoms with Gasteiger partial charge in [0.25, 0.3) is 0 Å². The normalized spacial score (nSPS) is 13.4. The van der Waals surface area contributed by atoms with Gasteiger partial charge in [0.1, 0.15) is 11.5 Å². The predicted octanol–water partition coefficient (Wildman–Crippen LogP) is 7.05. The fourth-order valence-electron chi connectivity index (χ4n) is 3.58. The van der Waals surface area contributed by atoms with Gasteiger partial charge in [0.2, 0.25) is 0 Å². The van der Waals surface area contributed by atoms with Crippen molar-refractivity contribution in [1.82, 2.24) is 0 Å². The van der Waals surface area contributed by atoms with E-state index in [-0.39, 0.29) is 11.6 Å². The first kappa shape index (κ1) is 27.0. The summed E-state index contributed by atoms with van der Waals surface area (Å²) in [6, 6.07) is 3.90. The van der Waals surface area contributed by atoms with Crippen molar-refractivity contribution in [2.45, 2.75) is 103 Å². The van der Waals surface area contributed by atoms with Crippen LogP contribution in [0.25, 0.3) is 0 Å². The summed E-state index contributed by atoms with van der Waals surface area (Å²) in [6.45, 7) is 14.6.